The van der Waals surface area contributed by atoms with Gasteiger partial charge in [0.05, 0.1) is 0 Å². The van der Waals surface area contributed by atoms with E-state index >= 15 is 0 Å². The summed E-state index contributed by atoms with van der Waals surface area (Å²) in [6.45, 7) is 0. The highest BCUT2D eigenvalue weighted by atomic mass is 127. The van der Waals surface area contributed by atoms with Crippen LogP contribution >= 0.6 is 22.6 Å². The van der Waals surface area contributed by atoms with Crippen LogP contribution in [0.4, 0.5) is 0 Å². The van der Waals surface area contributed by atoms with Crippen molar-refractivity contribution in [3.8, 4) is 0 Å². The van der Waals surface area contributed by atoms with E-state index in [4.69, 9.17) is 0 Å². The first-order valence-corrected chi connectivity index (χ1v) is 8.87. The highest BCUT2D eigenvalue weighted by Crippen LogP contribution is 2.38. The van der Waals surface area contributed by atoms with E-state index in [2.05, 4.69) is 83.5 Å². The third kappa shape index (κ3) is 3.32. The fourth-order valence-corrected chi connectivity index (χ4v) is 4.31. The SMILES string of the molecule is CNC(CC1CCCc2ccccc21)c1ccccc1I. The van der Waals surface area contributed by atoms with Gasteiger partial charge in [0.1, 0.15) is 0 Å². The van der Waals surface area contributed by atoms with Gasteiger partial charge in [0, 0.05) is 9.61 Å². The van der Waals surface area contributed by atoms with Gasteiger partial charge in [-0.25, -0.2) is 0 Å². The highest BCUT2D eigenvalue weighted by Gasteiger charge is 2.24. The maximum atomic E-state index is 3.53. The molecule has 1 aliphatic carbocycles. The molecule has 0 heterocycles. The van der Waals surface area contributed by atoms with Gasteiger partial charge in [-0.1, -0.05) is 42.5 Å². The van der Waals surface area contributed by atoms with Gasteiger partial charge in [0.2, 0.25) is 0 Å². The van der Waals surface area contributed by atoms with Crippen molar-refractivity contribution in [3.05, 3.63) is 68.8 Å². The van der Waals surface area contributed by atoms with Crippen LogP contribution in [0, 0.1) is 3.57 Å². The Hall–Kier alpha value is -0.870. The van der Waals surface area contributed by atoms with Crippen molar-refractivity contribution in [3.63, 3.8) is 0 Å². The van der Waals surface area contributed by atoms with Crippen LogP contribution in [0.2, 0.25) is 0 Å². The van der Waals surface area contributed by atoms with E-state index in [-0.39, 0.29) is 0 Å². The maximum Gasteiger partial charge on any atom is 0.0333 e. The van der Waals surface area contributed by atoms with E-state index in [1.54, 1.807) is 11.1 Å². The molecule has 0 fully saturated rings. The van der Waals surface area contributed by atoms with Crippen LogP contribution in [-0.2, 0) is 6.42 Å². The number of hydrogen-bond donors (Lipinski definition) is 1. The molecule has 0 saturated heterocycles. The van der Waals surface area contributed by atoms with Gasteiger partial charge in [-0.15, -0.1) is 0 Å². The van der Waals surface area contributed by atoms with Crippen LogP contribution < -0.4 is 5.32 Å². The summed E-state index contributed by atoms with van der Waals surface area (Å²) in [5.74, 6) is 0.684. The van der Waals surface area contributed by atoms with E-state index < -0.39 is 0 Å². The Morgan fingerprint density at radius 3 is 2.71 bits per heavy atom. The number of hydrogen-bond acceptors (Lipinski definition) is 1. The second-order valence-corrected chi connectivity index (χ2v) is 7.05. The summed E-state index contributed by atoms with van der Waals surface area (Å²) in [6.07, 6.45) is 5.08. The van der Waals surface area contributed by atoms with Crippen LogP contribution in [0.25, 0.3) is 0 Å². The van der Waals surface area contributed by atoms with Gasteiger partial charge >= 0.3 is 0 Å². The van der Waals surface area contributed by atoms with Crippen molar-refractivity contribution in [2.45, 2.75) is 37.6 Å². The predicted molar refractivity (Wildman–Crippen MR) is 97.7 cm³/mol. The zero-order valence-electron chi connectivity index (χ0n) is 12.5. The maximum absolute atomic E-state index is 3.53. The molecule has 110 valence electrons. The molecule has 2 atom stereocenters. The summed E-state index contributed by atoms with van der Waals surface area (Å²) < 4.78 is 1.36. The zero-order chi connectivity index (χ0) is 14.7. The van der Waals surface area contributed by atoms with E-state index in [1.807, 2.05) is 0 Å². The number of rotatable bonds is 4. The number of aryl methyl sites for hydroxylation is 1. The van der Waals surface area contributed by atoms with Crippen molar-refractivity contribution in [1.82, 2.24) is 5.32 Å². The van der Waals surface area contributed by atoms with E-state index in [0.717, 1.165) is 0 Å². The summed E-state index contributed by atoms with van der Waals surface area (Å²) >= 11 is 2.45. The van der Waals surface area contributed by atoms with Gasteiger partial charge in [0.25, 0.3) is 0 Å². The first-order chi connectivity index (χ1) is 10.3. The van der Waals surface area contributed by atoms with Gasteiger partial charge in [-0.05, 0) is 84.0 Å². The lowest BCUT2D eigenvalue weighted by molar-refractivity contribution is 0.439. The topological polar surface area (TPSA) is 12.0 Å². The zero-order valence-corrected chi connectivity index (χ0v) is 14.6. The lowest BCUT2D eigenvalue weighted by Crippen LogP contribution is -2.22. The molecule has 1 aliphatic rings. The molecule has 2 aromatic rings. The molecule has 0 spiro atoms. The molecule has 2 aromatic carbocycles. The molecule has 0 aromatic heterocycles. The van der Waals surface area contributed by atoms with Crippen LogP contribution in [0.3, 0.4) is 0 Å². The van der Waals surface area contributed by atoms with Crippen LogP contribution in [0.1, 0.15) is 47.9 Å². The minimum absolute atomic E-state index is 0.439. The van der Waals surface area contributed by atoms with Crippen molar-refractivity contribution >= 4 is 22.6 Å². The van der Waals surface area contributed by atoms with Gasteiger partial charge in [-0.2, -0.15) is 0 Å². The third-order valence-electron chi connectivity index (χ3n) is 4.64. The molecule has 0 radical (unpaired) electrons. The largest absolute Gasteiger partial charge is 0.313 e. The van der Waals surface area contributed by atoms with Crippen LogP contribution in [0.15, 0.2) is 48.5 Å². The standard InChI is InChI=1S/C19H22IN/c1-21-19(17-11-4-5-12-18(17)20)13-15-9-6-8-14-7-2-3-10-16(14)15/h2-5,7,10-12,15,19,21H,6,8-9,13H2,1H3. The minimum atomic E-state index is 0.439. The van der Waals surface area contributed by atoms with E-state index in [1.165, 1.54) is 34.8 Å². The Morgan fingerprint density at radius 2 is 1.90 bits per heavy atom. The summed E-state index contributed by atoms with van der Waals surface area (Å²) in [4.78, 5) is 0. The van der Waals surface area contributed by atoms with Crippen molar-refractivity contribution in [2.75, 3.05) is 7.05 Å². The molecule has 2 unspecified atom stereocenters. The number of nitrogens with one attached hydrogen (secondary N) is 1. The molecule has 0 bridgehead atoms. The summed E-state index contributed by atoms with van der Waals surface area (Å²) in [5.41, 5.74) is 4.57. The normalized spacial score (nSPS) is 19.0. The van der Waals surface area contributed by atoms with Crippen LogP contribution in [-0.4, -0.2) is 7.05 Å². The second kappa shape index (κ2) is 6.93. The first-order valence-electron chi connectivity index (χ1n) is 7.79. The molecular formula is C19H22IN. The molecule has 21 heavy (non-hydrogen) atoms. The summed E-state index contributed by atoms with van der Waals surface area (Å²) in [6, 6.07) is 18.2. The second-order valence-electron chi connectivity index (χ2n) is 5.89. The fourth-order valence-electron chi connectivity index (χ4n) is 3.54. The van der Waals surface area contributed by atoms with Crippen molar-refractivity contribution in [1.29, 1.82) is 0 Å². The molecule has 1 nitrogen and oxygen atoms in total. The monoisotopic (exact) mass is 391 g/mol. The van der Waals surface area contributed by atoms with Gasteiger partial charge in [-0.3, -0.25) is 0 Å². The first kappa shape index (κ1) is 15.0. The summed E-state index contributed by atoms with van der Waals surface area (Å²) in [5, 5.41) is 3.53. The van der Waals surface area contributed by atoms with Gasteiger partial charge < -0.3 is 5.32 Å². The molecule has 3 rings (SSSR count). The molecular weight excluding hydrogens is 369 g/mol. The lowest BCUT2D eigenvalue weighted by atomic mass is 9.79. The quantitative estimate of drug-likeness (QED) is 0.719. The van der Waals surface area contributed by atoms with E-state index in [9.17, 15) is 0 Å². The number of fused-ring (bicyclic) bond motifs is 1. The molecule has 0 saturated carbocycles. The Kier molecular flexibility index (Phi) is 4.96. The average Bonchev–Trinajstić information content (AvgIpc) is 2.53. The highest BCUT2D eigenvalue weighted by molar-refractivity contribution is 14.1. The number of benzene rings is 2. The Bertz CT molecular complexity index is 608. The Labute approximate surface area is 141 Å². The van der Waals surface area contributed by atoms with Crippen molar-refractivity contribution < 1.29 is 0 Å². The van der Waals surface area contributed by atoms with Crippen LogP contribution in [0.5, 0.6) is 0 Å². The Morgan fingerprint density at radius 1 is 1.14 bits per heavy atom. The Balaban J connectivity index is 1.84. The number of halogens is 1. The molecule has 0 amide bonds. The average molecular weight is 391 g/mol. The van der Waals surface area contributed by atoms with Gasteiger partial charge in [0.15, 0.2) is 0 Å². The summed E-state index contributed by atoms with van der Waals surface area (Å²) in [7, 11) is 2.09. The lowest BCUT2D eigenvalue weighted by Gasteiger charge is -2.29. The minimum Gasteiger partial charge on any atom is -0.313 e. The third-order valence-corrected chi connectivity index (χ3v) is 5.63. The smallest absolute Gasteiger partial charge is 0.0333 e. The molecule has 1 N–H and O–H groups in total. The van der Waals surface area contributed by atoms with E-state index in [0.29, 0.717) is 12.0 Å². The van der Waals surface area contributed by atoms with Crippen molar-refractivity contribution in [2.24, 2.45) is 0 Å². The fraction of sp³-hybridized carbons (Fsp3) is 0.368. The molecule has 0 aliphatic heterocycles. The molecule has 2 heteroatoms. The predicted octanol–water partition coefficient (Wildman–Crippen LogP) is 5.06.